The molecule has 0 aromatic heterocycles. The van der Waals surface area contributed by atoms with Crippen LogP contribution in [0.15, 0.2) is 42.5 Å². The van der Waals surface area contributed by atoms with Crippen LogP contribution in [-0.4, -0.2) is 30.4 Å². The molecular formula is C16H16N2O4S. The predicted molar refractivity (Wildman–Crippen MR) is 92.8 cm³/mol. The molecule has 2 aromatic carbocycles. The van der Waals surface area contributed by atoms with Crippen LogP contribution in [0.2, 0.25) is 0 Å². The lowest BCUT2D eigenvalue weighted by atomic mass is 10.2. The number of carboxylic acid groups (broad SMARTS) is 1. The monoisotopic (exact) mass is 332 g/mol. The van der Waals surface area contributed by atoms with E-state index in [4.69, 9.17) is 26.8 Å². The summed E-state index contributed by atoms with van der Waals surface area (Å²) in [5, 5.41) is 15.2. The Hall–Kier alpha value is -2.80. The Morgan fingerprint density at radius 3 is 2.17 bits per heavy atom. The topological polar surface area (TPSA) is 79.8 Å². The average molecular weight is 332 g/mol. The van der Waals surface area contributed by atoms with Crippen LogP contribution >= 0.6 is 12.2 Å². The lowest BCUT2D eigenvalue weighted by Crippen LogP contribution is -2.19. The molecule has 0 aliphatic rings. The van der Waals surface area contributed by atoms with Crippen molar-refractivity contribution in [1.82, 2.24) is 0 Å². The molecule has 0 atom stereocenters. The SMILES string of the molecule is COc1cc(NC(=S)Nc2cccc(C(=O)O)c2)cc(OC)c1. The van der Waals surface area contributed by atoms with Crippen molar-refractivity contribution in [2.45, 2.75) is 0 Å². The van der Waals surface area contributed by atoms with Gasteiger partial charge in [-0.15, -0.1) is 0 Å². The minimum atomic E-state index is -0.995. The molecule has 2 rings (SSSR count). The van der Waals surface area contributed by atoms with Crippen LogP contribution in [0.3, 0.4) is 0 Å². The summed E-state index contributed by atoms with van der Waals surface area (Å²) >= 11 is 5.23. The van der Waals surface area contributed by atoms with Crippen molar-refractivity contribution in [3.63, 3.8) is 0 Å². The van der Waals surface area contributed by atoms with E-state index in [0.29, 0.717) is 28.0 Å². The van der Waals surface area contributed by atoms with Crippen LogP contribution in [0, 0.1) is 0 Å². The third kappa shape index (κ3) is 4.58. The van der Waals surface area contributed by atoms with Gasteiger partial charge in [-0.2, -0.15) is 0 Å². The Morgan fingerprint density at radius 2 is 1.61 bits per heavy atom. The van der Waals surface area contributed by atoms with E-state index in [9.17, 15) is 4.79 Å². The van der Waals surface area contributed by atoms with Gasteiger partial charge in [0.1, 0.15) is 11.5 Å². The van der Waals surface area contributed by atoms with E-state index in [0.717, 1.165) is 0 Å². The van der Waals surface area contributed by atoms with Crippen LogP contribution in [0.4, 0.5) is 11.4 Å². The summed E-state index contributed by atoms with van der Waals surface area (Å²) in [4.78, 5) is 11.0. The number of anilines is 2. The fourth-order valence-electron chi connectivity index (χ4n) is 1.90. The molecule has 0 bridgehead atoms. The average Bonchev–Trinajstić information content (AvgIpc) is 2.54. The summed E-state index contributed by atoms with van der Waals surface area (Å²) in [7, 11) is 3.12. The highest BCUT2D eigenvalue weighted by atomic mass is 32.1. The largest absolute Gasteiger partial charge is 0.497 e. The molecule has 3 N–H and O–H groups in total. The summed E-state index contributed by atoms with van der Waals surface area (Å²) in [6.07, 6.45) is 0. The molecule has 0 fully saturated rings. The fourth-order valence-corrected chi connectivity index (χ4v) is 2.14. The number of carbonyl (C=O) groups is 1. The maximum Gasteiger partial charge on any atom is 0.335 e. The number of ether oxygens (including phenoxy) is 2. The fraction of sp³-hybridized carbons (Fsp3) is 0.125. The predicted octanol–water partition coefficient (Wildman–Crippen LogP) is 3.21. The van der Waals surface area contributed by atoms with Gasteiger partial charge in [-0.25, -0.2) is 4.79 Å². The molecule has 0 aliphatic carbocycles. The van der Waals surface area contributed by atoms with E-state index < -0.39 is 5.97 Å². The molecule has 0 saturated heterocycles. The third-order valence-electron chi connectivity index (χ3n) is 2.98. The van der Waals surface area contributed by atoms with Crippen LogP contribution in [0.1, 0.15) is 10.4 Å². The Morgan fingerprint density at radius 1 is 1.00 bits per heavy atom. The highest BCUT2D eigenvalue weighted by Crippen LogP contribution is 2.25. The van der Waals surface area contributed by atoms with Crippen molar-refractivity contribution in [1.29, 1.82) is 0 Å². The van der Waals surface area contributed by atoms with Gasteiger partial charge < -0.3 is 25.2 Å². The summed E-state index contributed by atoms with van der Waals surface area (Å²) in [5.41, 5.74) is 1.45. The summed E-state index contributed by atoms with van der Waals surface area (Å²) in [6.45, 7) is 0. The standard InChI is InChI=1S/C16H16N2O4S/c1-21-13-7-12(8-14(9-13)22-2)18-16(23)17-11-5-3-4-10(6-11)15(19)20/h3-9H,1-2H3,(H,19,20)(H2,17,18,23). The van der Waals surface area contributed by atoms with Crippen molar-refractivity contribution in [2.75, 3.05) is 24.9 Å². The van der Waals surface area contributed by atoms with E-state index in [1.54, 1.807) is 44.6 Å². The molecule has 7 heteroatoms. The highest BCUT2D eigenvalue weighted by molar-refractivity contribution is 7.80. The van der Waals surface area contributed by atoms with Gasteiger partial charge in [0.25, 0.3) is 0 Å². The zero-order valence-electron chi connectivity index (χ0n) is 12.6. The van der Waals surface area contributed by atoms with Crippen molar-refractivity contribution in [3.8, 4) is 11.5 Å². The van der Waals surface area contributed by atoms with Gasteiger partial charge in [0.05, 0.1) is 19.8 Å². The molecule has 0 aliphatic heterocycles. The van der Waals surface area contributed by atoms with Gasteiger partial charge >= 0.3 is 5.97 Å². The van der Waals surface area contributed by atoms with Gasteiger partial charge in [-0.3, -0.25) is 0 Å². The number of hydrogen-bond donors (Lipinski definition) is 3. The Bertz CT molecular complexity index is 712. The minimum absolute atomic E-state index is 0.181. The summed E-state index contributed by atoms with van der Waals surface area (Å²) < 4.78 is 10.4. The second-order valence-corrected chi connectivity index (χ2v) is 4.97. The van der Waals surface area contributed by atoms with Crippen LogP contribution in [0.25, 0.3) is 0 Å². The lowest BCUT2D eigenvalue weighted by molar-refractivity contribution is 0.0697. The summed E-state index contributed by atoms with van der Waals surface area (Å²) in [6, 6.07) is 11.7. The maximum atomic E-state index is 11.0. The molecule has 23 heavy (non-hydrogen) atoms. The molecule has 120 valence electrons. The number of carboxylic acids is 1. The molecule has 2 aromatic rings. The number of thiocarbonyl (C=S) groups is 1. The molecule has 0 amide bonds. The zero-order chi connectivity index (χ0) is 16.8. The molecule has 0 radical (unpaired) electrons. The number of methoxy groups -OCH3 is 2. The van der Waals surface area contributed by atoms with E-state index in [1.807, 2.05) is 0 Å². The van der Waals surface area contributed by atoms with Gasteiger partial charge in [-0.1, -0.05) is 6.07 Å². The zero-order valence-corrected chi connectivity index (χ0v) is 13.4. The number of rotatable bonds is 5. The second-order valence-electron chi connectivity index (χ2n) is 4.57. The van der Waals surface area contributed by atoms with E-state index in [2.05, 4.69) is 10.6 Å². The van der Waals surface area contributed by atoms with Gasteiger partial charge in [0.2, 0.25) is 0 Å². The minimum Gasteiger partial charge on any atom is -0.497 e. The van der Waals surface area contributed by atoms with Crippen LogP contribution in [-0.2, 0) is 0 Å². The van der Waals surface area contributed by atoms with Crippen molar-refractivity contribution >= 4 is 34.7 Å². The first-order chi connectivity index (χ1) is 11.0. The highest BCUT2D eigenvalue weighted by Gasteiger charge is 2.06. The smallest absolute Gasteiger partial charge is 0.335 e. The first-order valence-electron chi connectivity index (χ1n) is 6.66. The quantitative estimate of drug-likeness (QED) is 0.726. The Kier molecular flexibility index (Phi) is 5.37. The third-order valence-corrected chi connectivity index (χ3v) is 3.18. The van der Waals surface area contributed by atoms with Crippen molar-refractivity contribution in [3.05, 3.63) is 48.0 Å². The Labute approximate surface area is 139 Å². The maximum absolute atomic E-state index is 11.0. The number of nitrogens with one attached hydrogen (secondary N) is 2. The molecule has 0 heterocycles. The number of aromatic carboxylic acids is 1. The second kappa shape index (κ2) is 7.46. The van der Waals surface area contributed by atoms with Gasteiger partial charge in [0.15, 0.2) is 5.11 Å². The normalized spacial score (nSPS) is 9.83. The molecular weight excluding hydrogens is 316 g/mol. The van der Waals surface area contributed by atoms with Crippen molar-refractivity contribution < 1.29 is 19.4 Å². The van der Waals surface area contributed by atoms with Crippen molar-refractivity contribution in [2.24, 2.45) is 0 Å². The molecule has 0 saturated carbocycles. The molecule has 0 spiro atoms. The van der Waals surface area contributed by atoms with Gasteiger partial charge in [0, 0.05) is 29.6 Å². The molecule has 6 nitrogen and oxygen atoms in total. The first kappa shape index (κ1) is 16.6. The number of benzene rings is 2. The van der Waals surface area contributed by atoms with Crippen LogP contribution in [0.5, 0.6) is 11.5 Å². The molecule has 0 unspecified atom stereocenters. The first-order valence-corrected chi connectivity index (χ1v) is 7.07. The van der Waals surface area contributed by atoms with E-state index in [-0.39, 0.29) is 5.56 Å². The number of hydrogen-bond acceptors (Lipinski definition) is 4. The van der Waals surface area contributed by atoms with E-state index >= 15 is 0 Å². The van der Waals surface area contributed by atoms with E-state index in [1.165, 1.54) is 12.1 Å². The van der Waals surface area contributed by atoms with Gasteiger partial charge in [-0.05, 0) is 30.4 Å². The van der Waals surface area contributed by atoms with Crippen LogP contribution < -0.4 is 20.1 Å². The summed E-state index contributed by atoms with van der Waals surface area (Å²) in [5.74, 6) is 0.259. The Balaban J connectivity index is 2.10. The lowest BCUT2D eigenvalue weighted by Gasteiger charge is -2.13.